The normalized spacial score (nSPS) is 10.1. The molecule has 0 aliphatic rings. The molecule has 0 aliphatic heterocycles. The molecule has 0 aliphatic carbocycles. The molecular weight excluding hydrogens is 407 g/mol. The molecule has 0 saturated carbocycles. The van der Waals surface area contributed by atoms with E-state index in [1.165, 1.54) is 5.56 Å². The smallest absolute Gasteiger partial charge is 0.161 e. The van der Waals surface area contributed by atoms with Gasteiger partial charge in [-0.1, -0.05) is 29.8 Å². The molecule has 0 unspecified atom stereocenters. The van der Waals surface area contributed by atoms with Gasteiger partial charge in [-0.25, -0.2) is 0 Å². The molecule has 2 rings (SSSR count). The van der Waals surface area contributed by atoms with Crippen LogP contribution in [0.1, 0.15) is 17.5 Å². The minimum atomic E-state index is 0. The topological polar surface area (TPSA) is 33.7 Å². The average Bonchev–Trinajstić information content (AvgIpc) is 2.60. The van der Waals surface area contributed by atoms with E-state index < -0.39 is 0 Å². The third-order valence-corrected chi connectivity index (χ3v) is 4.03. The van der Waals surface area contributed by atoms with E-state index in [2.05, 4.69) is 30.4 Å². The SMILES string of the molecule is COc1cc(CNCCCN(C)C)ccc1OCc1cccc(Cl)c1.Cl.Cl. The Kier molecular flexibility index (Phi) is 13.3. The van der Waals surface area contributed by atoms with Crippen molar-refractivity contribution in [1.82, 2.24) is 10.2 Å². The maximum atomic E-state index is 6.00. The van der Waals surface area contributed by atoms with Crippen LogP contribution in [0, 0.1) is 0 Å². The highest BCUT2D eigenvalue weighted by Crippen LogP contribution is 2.29. The zero-order valence-corrected chi connectivity index (χ0v) is 18.4. The van der Waals surface area contributed by atoms with Crippen LogP contribution in [-0.4, -0.2) is 39.2 Å². The van der Waals surface area contributed by atoms with E-state index >= 15 is 0 Å². The summed E-state index contributed by atoms with van der Waals surface area (Å²) in [6.45, 7) is 3.36. The number of nitrogens with one attached hydrogen (secondary N) is 1. The zero-order valence-electron chi connectivity index (χ0n) is 16.0. The molecule has 0 fully saturated rings. The number of halogens is 3. The van der Waals surface area contributed by atoms with Crippen molar-refractivity contribution in [2.45, 2.75) is 19.6 Å². The molecule has 1 N–H and O–H groups in total. The Morgan fingerprint density at radius 1 is 1.00 bits per heavy atom. The van der Waals surface area contributed by atoms with E-state index in [0.29, 0.717) is 11.6 Å². The molecular formula is C20H29Cl3N2O2. The lowest BCUT2D eigenvalue weighted by Crippen LogP contribution is -2.21. The molecule has 2 aromatic rings. The number of ether oxygens (including phenoxy) is 2. The van der Waals surface area contributed by atoms with Gasteiger partial charge in [0.25, 0.3) is 0 Å². The highest BCUT2D eigenvalue weighted by atomic mass is 35.5. The van der Waals surface area contributed by atoms with E-state index in [1.54, 1.807) is 7.11 Å². The summed E-state index contributed by atoms with van der Waals surface area (Å²) in [5, 5.41) is 4.17. The lowest BCUT2D eigenvalue weighted by Gasteiger charge is -2.13. The minimum absolute atomic E-state index is 0. The summed E-state index contributed by atoms with van der Waals surface area (Å²) in [5.41, 5.74) is 2.21. The predicted octanol–water partition coefficient (Wildman–Crippen LogP) is 4.81. The first kappa shape index (κ1) is 25.8. The van der Waals surface area contributed by atoms with Crippen LogP contribution < -0.4 is 14.8 Å². The Morgan fingerprint density at radius 2 is 1.78 bits per heavy atom. The Hall–Kier alpha value is -1.17. The molecule has 0 heterocycles. The second kappa shape index (κ2) is 13.9. The number of hydrogen-bond donors (Lipinski definition) is 1. The fourth-order valence-corrected chi connectivity index (χ4v) is 2.69. The second-order valence-corrected chi connectivity index (χ2v) is 6.67. The average molecular weight is 436 g/mol. The standard InChI is InChI=1S/C20H27ClN2O2.2ClH/c1-23(2)11-5-10-22-14-16-8-9-19(20(13-16)24-3)25-15-17-6-4-7-18(21)12-17;;/h4,6-9,12-13,22H,5,10-11,14-15H2,1-3H3;2*1H. The minimum Gasteiger partial charge on any atom is -0.493 e. The van der Waals surface area contributed by atoms with Crippen molar-refractivity contribution in [2.75, 3.05) is 34.3 Å². The Bertz CT molecular complexity index is 669. The molecule has 0 saturated heterocycles. The number of rotatable bonds is 10. The number of hydrogen-bond acceptors (Lipinski definition) is 4. The van der Waals surface area contributed by atoms with E-state index in [4.69, 9.17) is 21.1 Å². The van der Waals surface area contributed by atoms with E-state index in [-0.39, 0.29) is 24.8 Å². The zero-order chi connectivity index (χ0) is 18.1. The Morgan fingerprint density at radius 3 is 2.44 bits per heavy atom. The summed E-state index contributed by atoms with van der Waals surface area (Å²) in [6.07, 6.45) is 1.13. The monoisotopic (exact) mass is 434 g/mol. The van der Waals surface area contributed by atoms with Crippen molar-refractivity contribution in [3.63, 3.8) is 0 Å². The summed E-state index contributed by atoms with van der Waals surface area (Å²) < 4.78 is 11.4. The quantitative estimate of drug-likeness (QED) is 0.543. The van der Waals surface area contributed by atoms with Gasteiger partial charge in [0.05, 0.1) is 7.11 Å². The Labute approximate surface area is 180 Å². The van der Waals surface area contributed by atoms with Crippen LogP contribution in [0.25, 0.3) is 0 Å². The molecule has 152 valence electrons. The number of methoxy groups -OCH3 is 1. The maximum absolute atomic E-state index is 6.00. The van der Waals surface area contributed by atoms with Crippen LogP contribution in [-0.2, 0) is 13.2 Å². The summed E-state index contributed by atoms with van der Waals surface area (Å²) >= 11 is 6.00. The van der Waals surface area contributed by atoms with Gasteiger partial charge >= 0.3 is 0 Å². The second-order valence-electron chi connectivity index (χ2n) is 6.24. The number of nitrogens with zero attached hydrogens (tertiary/aromatic N) is 1. The highest BCUT2D eigenvalue weighted by Gasteiger charge is 2.06. The van der Waals surface area contributed by atoms with Crippen molar-refractivity contribution in [2.24, 2.45) is 0 Å². The van der Waals surface area contributed by atoms with Crippen LogP contribution in [0.5, 0.6) is 11.5 Å². The molecule has 27 heavy (non-hydrogen) atoms. The third kappa shape index (κ3) is 9.54. The largest absolute Gasteiger partial charge is 0.493 e. The first-order valence-corrected chi connectivity index (χ1v) is 8.86. The summed E-state index contributed by atoms with van der Waals surface area (Å²) in [5.74, 6) is 1.48. The highest BCUT2D eigenvalue weighted by molar-refractivity contribution is 6.30. The molecule has 0 atom stereocenters. The first-order chi connectivity index (χ1) is 12.1. The molecule has 0 bridgehead atoms. The van der Waals surface area contributed by atoms with Crippen LogP contribution in [0.2, 0.25) is 5.02 Å². The van der Waals surface area contributed by atoms with Gasteiger partial charge in [-0.2, -0.15) is 0 Å². The van der Waals surface area contributed by atoms with Gasteiger partial charge in [-0.05, 0) is 69.0 Å². The molecule has 4 nitrogen and oxygen atoms in total. The molecule has 0 spiro atoms. The van der Waals surface area contributed by atoms with Crippen molar-refractivity contribution in [1.29, 1.82) is 0 Å². The van der Waals surface area contributed by atoms with E-state index in [9.17, 15) is 0 Å². The molecule has 0 amide bonds. The lowest BCUT2D eigenvalue weighted by molar-refractivity contribution is 0.284. The van der Waals surface area contributed by atoms with Crippen molar-refractivity contribution >= 4 is 36.4 Å². The fraction of sp³-hybridized carbons (Fsp3) is 0.400. The van der Waals surface area contributed by atoms with Crippen LogP contribution in [0.15, 0.2) is 42.5 Å². The van der Waals surface area contributed by atoms with Gasteiger partial charge in [0.15, 0.2) is 11.5 Å². The van der Waals surface area contributed by atoms with Gasteiger partial charge in [0.2, 0.25) is 0 Å². The van der Waals surface area contributed by atoms with Gasteiger partial charge in [-0.3, -0.25) is 0 Å². The summed E-state index contributed by atoms with van der Waals surface area (Å²) in [6, 6.07) is 13.7. The van der Waals surface area contributed by atoms with Crippen LogP contribution in [0.3, 0.4) is 0 Å². The van der Waals surface area contributed by atoms with Gasteiger partial charge in [0.1, 0.15) is 6.61 Å². The van der Waals surface area contributed by atoms with Gasteiger partial charge in [-0.15, -0.1) is 24.8 Å². The predicted molar refractivity (Wildman–Crippen MR) is 118 cm³/mol. The van der Waals surface area contributed by atoms with E-state index in [0.717, 1.165) is 43.1 Å². The summed E-state index contributed by atoms with van der Waals surface area (Å²) in [4.78, 5) is 2.19. The molecule has 2 aromatic carbocycles. The Balaban J connectivity index is 0.00000338. The van der Waals surface area contributed by atoms with Crippen molar-refractivity contribution in [3.05, 3.63) is 58.6 Å². The first-order valence-electron chi connectivity index (χ1n) is 8.48. The van der Waals surface area contributed by atoms with Gasteiger partial charge < -0.3 is 19.7 Å². The molecule has 0 aromatic heterocycles. The molecule has 0 radical (unpaired) electrons. The molecule has 7 heteroatoms. The van der Waals surface area contributed by atoms with Crippen LogP contribution in [0.4, 0.5) is 0 Å². The lowest BCUT2D eigenvalue weighted by atomic mass is 10.2. The third-order valence-electron chi connectivity index (χ3n) is 3.80. The van der Waals surface area contributed by atoms with Crippen LogP contribution >= 0.6 is 36.4 Å². The number of benzene rings is 2. The maximum Gasteiger partial charge on any atom is 0.161 e. The fourth-order valence-electron chi connectivity index (χ4n) is 2.48. The van der Waals surface area contributed by atoms with Crippen molar-refractivity contribution < 1.29 is 9.47 Å². The van der Waals surface area contributed by atoms with Gasteiger partial charge in [0, 0.05) is 11.6 Å². The van der Waals surface area contributed by atoms with E-state index in [1.807, 2.05) is 36.4 Å². The summed E-state index contributed by atoms with van der Waals surface area (Å²) in [7, 11) is 5.84. The van der Waals surface area contributed by atoms with Crippen molar-refractivity contribution in [3.8, 4) is 11.5 Å².